The van der Waals surface area contributed by atoms with Crippen molar-refractivity contribution in [1.29, 1.82) is 0 Å². The van der Waals surface area contributed by atoms with Crippen molar-refractivity contribution in [3.05, 3.63) is 168 Å². The maximum Gasteiger partial charge on any atom is 0.281 e. The lowest BCUT2D eigenvalue weighted by molar-refractivity contribution is -0.527. The molecule has 1 aliphatic heterocycles. The first-order valence-corrected chi connectivity index (χ1v) is 17.2. The monoisotopic (exact) mass is 660 g/mol. The molecule has 7 aromatic carbocycles. The van der Waals surface area contributed by atoms with E-state index >= 15 is 0 Å². The van der Waals surface area contributed by atoms with Crippen LogP contribution in [-0.4, -0.2) is 5.84 Å². The maximum atomic E-state index is 6.92. The molecule has 51 heavy (non-hydrogen) atoms. The van der Waals surface area contributed by atoms with Crippen LogP contribution >= 0.6 is 0 Å². The minimum atomic E-state index is -0.198. The standard InChI is InChI=1S/C45H29N3O3/c1-2-10-26(11-3-1)43-46-44(28-21-23-40-36(25-28)31-13-5-7-19-38(31)50-40)48-45(47-43)34-17-9-16-33-32-15-8-14-29(41(32)51-42(33)34)27-20-22-39-35(24-27)30-12-4-6-18-37(30)49-39/h1-25,43-44,46H,(H,47,48)/p+1. The molecule has 0 aliphatic carbocycles. The molecule has 1 aliphatic rings. The molecule has 2 unspecified atom stereocenters. The molecule has 3 N–H and O–H groups in total. The van der Waals surface area contributed by atoms with Crippen LogP contribution in [0, 0.1) is 0 Å². The Morgan fingerprint density at radius 2 is 1.02 bits per heavy atom. The molecule has 242 valence electrons. The molecular formula is C45H30N3O3+. The zero-order valence-electron chi connectivity index (χ0n) is 27.3. The van der Waals surface area contributed by atoms with Crippen molar-refractivity contribution in [2.45, 2.75) is 12.3 Å². The van der Waals surface area contributed by atoms with Crippen LogP contribution in [0.1, 0.15) is 29.0 Å². The van der Waals surface area contributed by atoms with E-state index in [0.29, 0.717) is 0 Å². The van der Waals surface area contributed by atoms with Gasteiger partial charge in [0.2, 0.25) is 0 Å². The highest BCUT2D eigenvalue weighted by Gasteiger charge is 2.33. The maximum absolute atomic E-state index is 6.92. The lowest BCUT2D eigenvalue weighted by Gasteiger charge is -2.27. The number of amidine groups is 1. The van der Waals surface area contributed by atoms with E-state index in [2.05, 4.69) is 137 Å². The van der Waals surface area contributed by atoms with Gasteiger partial charge >= 0.3 is 0 Å². The van der Waals surface area contributed by atoms with Crippen LogP contribution in [0.25, 0.3) is 76.9 Å². The molecule has 0 bridgehead atoms. The Kier molecular flexibility index (Phi) is 6.05. The number of furan rings is 3. The Labute approximate surface area is 291 Å². The summed E-state index contributed by atoms with van der Waals surface area (Å²) in [6.07, 6.45) is -0.354. The smallest absolute Gasteiger partial charge is 0.281 e. The van der Waals surface area contributed by atoms with Crippen molar-refractivity contribution >= 4 is 71.7 Å². The number of fused-ring (bicyclic) bond motifs is 9. The summed E-state index contributed by atoms with van der Waals surface area (Å²) in [5.74, 6) is 0.891. The zero-order valence-corrected chi connectivity index (χ0v) is 27.3. The van der Waals surface area contributed by atoms with Crippen molar-refractivity contribution in [1.82, 2.24) is 10.6 Å². The van der Waals surface area contributed by atoms with E-state index in [-0.39, 0.29) is 12.3 Å². The van der Waals surface area contributed by atoms with Crippen molar-refractivity contribution in [3.63, 3.8) is 0 Å². The van der Waals surface area contributed by atoms with Crippen LogP contribution in [0.3, 0.4) is 0 Å². The van der Waals surface area contributed by atoms with E-state index in [1.807, 2.05) is 30.3 Å². The van der Waals surface area contributed by atoms with Gasteiger partial charge in [-0.2, -0.15) is 0 Å². The highest BCUT2D eigenvalue weighted by molar-refractivity contribution is 6.16. The van der Waals surface area contributed by atoms with Gasteiger partial charge in [0.15, 0.2) is 17.9 Å². The Balaban J connectivity index is 1.07. The quantitative estimate of drug-likeness (QED) is 0.175. The average molecular weight is 661 g/mol. The van der Waals surface area contributed by atoms with E-state index in [1.165, 1.54) is 0 Å². The van der Waals surface area contributed by atoms with Crippen LogP contribution in [0.15, 0.2) is 165 Å². The van der Waals surface area contributed by atoms with Gasteiger partial charge in [-0.3, -0.25) is 10.3 Å². The normalized spacial score (nSPS) is 16.4. The molecule has 6 heteroatoms. The van der Waals surface area contributed by atoms with Gasteiger partial charge in [-0.15, -0.1) is 0 Å². The summed E-state index contributed by atoms with van der Waals surface area (Å²) in [4.78, 5) is 3.80. The number of para-hydroxylation sites is 4. The highest BCUT2D eigenvalue weighted by atomic mass is 16.3. The Hall–Kier alpha value is -6.63. The van der Waals surface area contributed by atoms with E-state index in [4.69, 9.17) is 13.3 Å². The van der Waals surface area contributed by atoms with Crippen molar-refractivity contribution in [2.24, 2.45) is 0 Å². The molecule has 10 aromatic rings. The van der Waals surface area contributed by atoms with E-state index < -0.39 is 0 Å². The first kappa shape index (κ1) is 28.2. The summed E-state index contributed by atoms with van der Waals surface area (Å²) in [5, 5.41) is 14.1. The molecule has 0 spiro atoms. The first-order chi connectivity index (χ1) is 25.2. The summed E-state index contributed by atoms with van der Waals surface area (Å²) in [5.41, 5.74) is 10.5. The molecule has 3 aromatic heterocycles. The minimum Gasteiger partial charge on any atom is -0.456 e. The van der Waals surface area contributed by atoms with Gasteiger partial charge in [-0.25, -0.2) is 5.32 Å². The zero-order chi connectivity index (χ0) is 33.5. The predicted octanol–water partition coefficient (Wildman–Crippen LogP) is 9.47. The van der Waals surface area contributed by atoms with Gasteiger partial charge in [0, 0.05) is 49.0 Å². The molecule has 11 rings (SSSR count). The Morgan fingerprint density at radius 3 is 1.76 bits per heavy atom. The number of hydrogen-bond acceptors (Lipinski definition) is 5. The SMILES string of the molecule is c1ccc(C2NC(c3cccc4c3oc3c(-c5ccc6oc7ccccc7c6c5)cccc34)=[NH+]C(c3ccc4oc5ccccc5c4c3)N2)cc1. The summed E-state index contributed by atoms with van der Waals surface area (Å²) in [6.45, 7) is 0. The van der Waals surface area contributed by atoms with Crippen LogP contribution in [0.5, 0.6) is 0 Å². The Morgan fingerprint density at radius 1 is 0.431 bits per heavy atom. The topological polar surface area (TPSA) is 77.5 Å². The molecule has 2 atom stereocenters. The van der Waals surface area contributed by atoms with Gasteiger partial charge in [-0.1, -0.05) is 103 Å². The summed E-state index contributed by atoms with van der Waals surface area (Å²) in [6, 6.07) is 52.5. The van der Waals surface area contributed by atoms with Crippen LogP contribution in [0.2, 0.25) is 0 Å². The summed E-state index contributed by atoms with van der Waals surface area (Å²) >= 11 is 0. The molecule has 6 nitrogen and oxygen atoms in total. The van der Waals surface area contributed by atoms with Crippen molar-refractivity contribution in [3.8, 4) is 11.1 Å². The first-order valence-electron chi connectivity index (χ1n) is 17.2. The molecule has 0 fully saturated rings. The number of nitrogens with one attached hydrogen (secondary N) is 3. The van der Waals surface area contributed by atoms with Crippen LogP contribution in [0.4, 0.5) is 0 Å². The molecule has 0 radical (unpaired) electrons. The second-order valence-corrected chi connectivity index (χ2v) is 13.2. The third-order valence-electron chi connectivity index (χ3n) is 10.3. The lowest BCUT2D eigenvalue weighted by Crippen LogP contribution is -2.85. The second kappa shape index (κ2) is 10.9. The van der Waals surface area contributed by atoms with Gasteiger partial charge in [0.25, 0.3) is 5.84 Å². The van der Waals surface area contributed by atoms with Gasteiger partial charge in [-0.05, 0) is 54.1 Å². The second-order valence-electron chi connectivity index (χ2n) is 13.2. The van der Waals surface area contributed by atoms with Crippen molar-refractivity contribution in [2.75, 3.05) is 0 Å². The van der Waals surface area contributed by atoms with Crippen LogP contribution in [-0.2, 0) is 0 Å². The molecular weight excluding hydrogens is 631 g/mol. The Bertz CT molecular complexity index is 3000. The third-order valence-corrected chi connectivity index (χ3v) is 10.3. The minimum absolute atomic E-state index is 0.157. The summed E-state index contributed by atoms with van der Waals surface area (Å²) in [7, 11) is 0. The highest BCUT2D eigenvalue weighted by Crippen LogP contribution is 2.39. The number of benzene rings is 7. The molecule has 0 amide bonds. The third kappa shape index (κ3) is 4.43. The average Bonchev–Trinajstić information content (AvgIpc) is 3.89. The number of rotatable bonds is 4. The van der Waals surface area contributed by atoms with Gasteiger partial charge in [0.05, 0.1) is 0 Å². The van der Waals surface area contributed by atoms with Crippen molar-refractivity contribution < 1.29 is 18.2 Å². The van der Waals surface area contributed by atoms with Crippen LogP contribution < -0.4 is 15.6 Å². The molecule has 0 saturated carbocycles. The van der Waals surface area contributed by atoms with E-state index in [0.717, 1.165) is 99.5 Å². The largest absolute Gasteiger partial charge is 0.456 e. The molecule has 0 saturated heterocycles. The predicted molar refractivity (Wildman–Crippen MR) is 203 cm³/mol. The fourth-order valence-corrected chi connectivity index (χ4v) is 7.80. The van der Waals surface area contributed by atoms with Gasteiger partial charge in [0.1, 0.15) is 33.5 Å². The summed E-state index contributed by atoms with van der Waals surface area (Å²) < 4.78 is 19.2. The number of hydrogen-bond donors (Lipinski definition) is 3. The fourth-order valence-electron chi connectivity index (χ4n) is 7.80. The van der Waals surface area contributed by atoms with Gasteiger partial charge < -0.3 is 13.3 Å². The fraction of sp³-hybridized carbons (Fsp3) is 0.0444. The van der Waals surface area contributed by atoms with E-state index in [9.17, 15) is 0 Å². The van der Waals surface area contributed by atoms with E-state index in [1.54, 1.807) is 0 Å². The molecule has 4 heterocycles. The lowest BCUT2D eigenvalue weighted by atomic mass is 10.00.